The van der Waals surface area contributed by atoms with Crippen LogP contribution >= 0.6 is 0 Å². The van der Waals surface area contributed by atoms with Crippen LogP contribution in [0.25, 0.3) is 84.5 Å². The summed E-state index contributed by atoms with van der Waals surface area (Å²) in [5.74, 6) is -0.298. The van der Waals surface area contributed by atoms with E-state index >= 15 is 0 Å². The molecule has 0 bridgehead atoms. The Morgan fingerprint density at radius 3 is 1.11 bits per heavy atom. The number of hydrogen-bond donors (Lipinski definition) is 4. The van der Waals surface area contributed by atoms with Gasteiger partial charge >= 0.3 is 0 Å². The summed E-state index contributed by atoms with van der Waals surface area (Å²) >= 11 is 0. The molecule has 4 N–H and O–H groups in total. The van der Waals surface area contributed by atoms with Crippen molar-refractivity contribution in [3.05, 3.63) is 293 Å². The Labute approximate surface area is 802 Å². The number of hydrogen-bond acceptors (Lipinski definition) is 26. The van der Waals surface area contributed by atoms with Gasteiger partial charge in [0.1, 0.15) is 28.2 Å². The lowest BCUT2D eigenvalue weighted by molar-refractivity contribution is 0.164. The molecule has 0 radical (unpaired) electrons. The largest absolute Gasteiger partial charge is 0.494 e. The minimum Gasteiger partial charge on any atom is -0.494 e. The Bertz CT molecular complexity index is 7390. The molecule has 6 aliphatic rings. The zero-order valence-corrected chi connectivity index (χ0v) is 79.1. The number of piperidine rings is 1. The zero-order chi connectivity index (χ0) is 98.1. The third-order valence-electron chi connectivity index (χ3n) is 26.2. The number of fused-ring (bicyclic) bond motifs is 6. The van der Waals surface area contributed by atoms with Gasteiger partial charge in [-0.25, -0.2) is 42.5 Å². The highest BCUT2D eigenvalue weighted by Gasteiger charge is 2.39. The van der Waals surface area contributed by atoms with Gasteiger partial charge in [0.25, 0.3) is 27.8 Å². The summed E-state index contributed by atoms with van der Waals surface area (Å²) in [6, 6.07) is 48.5. The first kappa shape index (κ1) is 97.0. The summed E-state index contributed by atoms with van der Waals surface area (Å²) < 4.78 is 107. The molecule has 6 aliphatic heterocycles. The van der Waals surface area contributed by atoms with E-state index in [0.717, 1.165) is 164 Å². The number of halogens is 5. The summed E-state index contributed by atoms with van der Waals surface area (Å²) in [6.45, 7) is 20.4. The number of nitrogens with one attached hydrogen (secondary N) is 3. The van der Waals surface area contributed by atoms with E-state index in [1.54, 1.807) is 86.6 Å². The number of piperazine rings is 3. The lowest BCUT2D eigenvalue weighted by Crippen LogP contribution is -2.49. The fourth-order valence-electron chi connectivity index (χ4n) is 18.9. The highest BCUT2D eigenvalue weighted by Crippen LogP contribution is 2.38. The maximum absolute atomic E-state index is 14.1. The number of anilines is 4. The van der Waals surface area contributed by atoms with Crippen LogP contribution < -0.4 is 91.8 Å². The monoisotopic (exact) mass is 1910 g/mol. The van der Waals surface area contributed by atoms with Crippen LogP contribution in [0.3, 0.4) is 0 Å². The Kier molecular flexibility index (Phi) is 29.9. The highest BCUT2D eigenvalue weighted by atomic mass is 19.2. The number of aliphatic hydroxyl groups excluding tert-OH is 1. The molecule has 0 unspecified atom stereocenters. The third-order valence-corrected chi connectivity index (χ3v) is 26.2. The molecule has 6 fully saturated rings. The third kappa shape index (κ3) is 21.7. The molecule has 16 heterocycles. The Morgan fingerprint density at radius 1 is 0.343 bits per heavy atom. The minimum absolute atomic E-state index is 0.107. The van der Waals surface area contributed by atoms with E-state index in [2.05, 4.69) is 92.2 Å². The second-order valence-corrected chi connectivity index (χ2v) is 35.5. The van der Waals surface area contributed by atoms with Crippen LogP contribution in [0, 0.1) is 40.9 Å². The molecule has 21 rings (SSSR count). The number of pyridine rings is 5. The first-order valence-corrected chi connectivity index (χ1v) is 46.4. The zero-order valence-electron chi connectivity index (χ0n) is 79.1. The summed E-state index contributed by atoms with van der Waals surface area (Å²) in [5, 5.41) is 19.2. The molecule has 0 saturated carbocycles. The molecule has 5 aromatic carbocycles. The van der Waals surface area contributed by atoms with E-state index in [9.17, 15) is 45.9 Å². The van der Waals surface area contributed by atoms with Crippen molar-refractivity contribution in [3.63, 3.8) is 0 Å². The van der Waals surface area contributed by atoms with Gasteiger partial charge in [0.05, 0.1) is 100 Å². The second kappa shape index (κ2) is 43.1. The van der Waals surface area contributed by atoms with Crippen molar-refractivity contribution in [2.75, 3.05) is 187 Å². The highest BCUT2D eigenvalue weighted by molar-refractivity contribution is 5.71. The number of methoxy groups -OCH3 is 6. The fourth-order valence-corrected chi connectivity index (χ4v) is 18.9. The number of aliphatic hydroxyl groups is 1. The SMILES string of the molecule is COc1cc(-c2cc(=O)n3cc(N4CCNCC4)ccc3n2)ccc1F.COc1cc(-c2cc(=O)n3cc(N4CCN[C@@H](C)C4)ccc3n2)cc(F)c1F.COc1cc(-c2cc(=O)n3cc(N4CCN[C@@H](C)C4)ccc3n2)ccc1F.COc1ccc(-c2cc(=O)n3cc(C4CCN(CCO)CC4)ccc3n2)cc1OC.COc1ccc(-c2cc(=O)n3cc(N4C[C@H]5CN(C)C[C@H]5C4)ccc3n2)cc1F. The molecule has 0 aliphatic carbocycles. The Balaban J connectivity index is 0.000000121. The van der Waals surface area contributed by atoms with Crippen molar-refractivity contribution >= 4 is 51.0 Å². The lowest BCUT2D eigenvalue weighted by Gasteiger charge is -2.33. The summed E-state index contributed by atoms with van der Waals surface area (Å²) in [5.41, 5.74) is 12.1. The molecule has 10 aromatic heterocycles. The summed E-state index contributed by atoms with van der Waals surface area (Å²) in [7, 11) is 10.8. The quantitative estimate of drug-likeness (QED) is 0.0580. The van der Waals surface area contributed by atoms with Crippen LogP contribution in [0.5, 0.6) is 34.5 Å². The number of likely N-dealkylation sites (tertiary alicyclic amines) is 2. The van der Waals surface area contributed by atoms with Crippen LogP contribution in [0.2, 0.25) is 0 Å². The number of ether oxygens (including phenoxy) is 6. The molecule has 0 amide bonds. The topological polar surface area (TPSA) is 303 Å². The first-order valence-electron chi connectivity index (χ1n) is 46.4. The molecule has 140 heavy (non-hydrogen) atoms. The predicted molar refractivity (Wildman–Crippen MR) is 530 cm³/mol. The van der Waals surface area contributed by atoms with Gasteiger partial charge in [0.15, 0.2) is 57.8 Å². The van der Waals surface area contributed by atoms with Gasteiger partial charge in [-0.2, -0.15) is 4.39 Å². The number of aromatic nitrogens is 10. The number of nitrogens with zero attached hydrogens (tertiary/aromatic N) is 16. The average Bonchev–Trinajstić information content (AvgIpc) is 1.60. The van der Waals surface area contributed by atoms with Crippen molar-refractivity contribution in [3.8, 4) is 90.8 Å². The molecule has 6 saturated heterocycles. The van der Waals surface area contributed by atoms with Gasteiger partial charge in [0.2, 0.25) is 5.82 Å². The first-order chi connectivity index (χ1) is 67.8. The van der Waals surface area contributed by atoms with Crippen molar-refractivity contribution in [1.29, 1.82) is 0 Å². The molecular weight excluding hydrogens is 1800 g/mol. The maximum Gasteiger partial charge on any atom is 0.258 e. The summed E-state index contributed by atoms with van der Waals surface area (Å²) in [6.07, 6.45) is 11.3. The molecule has 31 nitrogen and oxygen atoms in total. The van der Waals surface area contributed by atoms with Crippen LogP contribution in [0.1, 0.15) is 38.2 Å². The lowest BCUT2D eigenvalue weighted by atomic mass is 9.90. The van der Waals surface area contributed by atoms with E-state index < -0.39 is 29.1 Å². The van der Waals surface area contributed by atoms with E-state index in [1.165, 1.54) is 81.4 Å². The van der Waals surface area contributed by atoms with Crippen molar-refractivity contribution in [2.24, 2.45) is 11.8 Å². The van der Waals surface area contributed by atoms with Crippen LogP contribution in [-0.2, 0) is 0 Å². The number of benzene rings is 5. The number of rotatable bonds is 18. The van der Waals surface area contributed by atoms with Gasteiger partial charge in [-0.1, -0.05) is 6.07 Å². The van der Waals surface area contributed by atoms with Crippen molar-refractivity contribution in [2.45, 2.75) is 44.7 Å². The number of β-amino-alcohol motifs (C(OH)–C–C–N with tert-alkyl or cyclic N) is 1. The molecule has 4 atom stereocenters. The average molecular weight is 1910 g/mol. The predicted octanol–water partition coefficient (Wildman–Crippen LogP) is 11.7. The maximum atomic E-state index is 14.1. The van der Waals surface area contributed by atoms with E-state index in [-0.39, 0.29) is 68.7 Å². The second-order valence-electron chi connectivity index (χ2n) is 35.5. The van der Waals surface area contributed by atoms with Crippen molar-refractivity contribution < 1.29 is 55.5 Å². The van der Waals surface area contributed by atoms with Gasteiger partial charge in [-0.3, -0.25) is 46.0 Å². The normalized spacial score (nSPS) is 17.3. The van der Waals surface area contributed by atoms with E-state index in [4.69, 9.17) is 38.5 Å². The van der Waals surface area contributed by atoms with Crippen molar-refractivity contribution in [1.82, 2.24) is 72.7 Å². The van der Waals surface area contributed by atoms with Crippen LogP contribution in [0.15, 0.2) is 231 Å². The van der Waals surface area contributed by atoms with Gasteiger partial charge in [0, 0.05) is 199 Å². The van der Waals surface area contributed by atoms with Crippen LogP contribution in [-0.4, -0.2) is 241 Å². The standard InChI is InChI=1S/C23H27N3O4.C22H23FN4O2.C20H20F2N4O2.C20H21FN4O2.C19H19FN4O2/c1-29-20-5-3-17(13-21(20)30-2)19-14-23(28)26-15-18(4-6-22(26)24-19)16-7-9-25(10-8-16)11-12-27;1-25-9-15-11-26(12-16(15)10-25)17-4-6-21-24-19(8-22(28)27(21)13-17)14-3-5-20(29-2)18(23)7-14;1-12-10-25(6-5-23-12)14-3-4-18-24-16(9-19(27)26(18)11-14)13-7-15(21)20(22)17(8-13)28-2;1-13-11-24(8-7-22-13)15-4-6-19-23-17(10-20(26)25(19)12-15)14-3-5-16(21)18(9-14)27-2;1-26-17-10-13(2-4-15(17)20)16-11-19(25)24-12-14(3-5-18(24)22-16)23-8-6-21-7-9-23/h3-6,13-16,27H,7-12H2,1-2H3;3-8,13,15-16H,9-12H2,1-2H3;3-4,7-9,11-12,23H,5-6,10H2,1-2H3;3-6,9-10,12-13,22H,7-8,11H2,1-2H3;2-5,10-12,21H,6-9H2,1H3/t;15-,16+;12-;13-;/m..00./s1. The molecular formula is C104H110F5N19O12. The van der Waals surface area contributed by atoms with Gasteiger partial charge < -0.3 is 78.9 Å². The fraction of sp³-hybridized carbons (Fsp3) is 0.327. The Hall–Kier alpha value is -14.7. The minimum atomic E-state index is -1.07. The van der Waals surface area contributed by atoms with E-state index in [0.29, 0.717) is 109 Å². The van der Waals surface area contributed by atoms with Gasteiger partial charge in [-0.05, 0) is 210 Å². The molecule has 728 valence electrons. The molecule has 0 spiro atoms. The molecule has 36 heteroatoms. The summed E-state index contributed by atoms with van der Waals surface area (Å²) in [4.78, 5) is 100. The Morgan fingerprint density at radius 2 is 0.700 bits per heavy atom. The van der Waals surface area contributed by atoms with E-state index in [1.807, 2.05) is 91.5 Å². The molecule has 15 aromatic rings. The van der Waals surface area contributed by atoms with Crippen LogP contribution in [0.4, 0.5) is 44.7 Å². The smallest absolute Gasteiger partial charge is 0.258 e. The van der Waals surface area contributed by atoms with Gasteiger partial charge in [-0.15, -0.1) is 0 Å².